The van der Waals surface area contributed by atoms with Crippen LogP contribution in [-0.4, -0.2) is 17.6 Å². The Bertz CT molecular complexity index is 1250. The van der Waals surface area contributed by atoms with E-state index >= 15 is 0 Å². The van der Waals surface area contributed by atoms with Crippen molar-refractivity contribution in [3.05, 3.63) is 109 Å². The average Bonchev–Trinajstić information content (AvgIpc) is 2.83. The second kappa shape index (κ2) is 10.5. The summed E-state index contributed by atoms with van der Waals surface area (Å²) in [5.74, 6) is 0.0490. The Balaban J connectivity index is 1.28. The molecule has 158 valence electrons. The third-order valence-corrected chi connectivity index (χ3v) is 5.79. The van der Waals surface area contributed by atoms with E-state index in [1.54, 1.807) is 6.08 Å². The minimum atomic E-state index is -0.191. The molecular weight excluding hydrogens is 416 g/mol. The van der Waals surface area contributed by atoms with Gasteiger partial charge in [-0.25, -0.2) is 0 Å². The molecule has 0 atom stereocenters. The monoisotopic (exact) mass is 438 g/mol. The van der Waals surface area contributed by atoms with Gasteiger partial charge in [0.1, 0.15) is 0 Å². The van der Waals surface area contributed by atoms with Gasteiger partial charge >= 0.3 is 0 Å². The lowest BCUT2D eigenvalue weighted by molar-refractivity contribution is -0.114. The largest absolute Gasteiger partial charge is 0.325 e. The maximum atomic E-state index is 12.4. The number of thioether (sulfide) groups is 1. The number of amides is 2. The Morgan fingerprint density at radius 2 is 1.47 bits per heavy atom. The minimum absolute atomic E-state index is 0.0604. The number of anilines is 2. The first-order valence-corrected chi connectivity index (χ1v) is 11.2. The zero-order valence-electron chi connectivity index (χ0n) is 17.3. The summed E-state index contributed by atoms with van der Waals surface area (Å²) in [6.45, 7) is 0. The third kappa shape index (κ3) is 5.86. The number of hydrogen-bond acceptors (Lipinski definition) is 3. The van der Waals surface area contributed by atoms with Crippen molar-refractivity contribution < 1.29 is 9.59 Å². The Kier molecular flexibility index (Phi) is 7.00. The van der Waals surface area contributed by atoms with Gasteiger partial charge in [-0.1, -0.05) is 66.7 Å². The van der Waals surface area contributed by atoms with Crippen molar-refractivity contribution in [3.63, 3.8) is 0 Å². The van der Waals surface area contributed by atoms with Crippen LogP contribution in [0.2, 0.25) is 0 Å². The van der Waals surface area contributed by atoms with Gasteiger partial charge in [0.25, 0.3) is 0 Å². The van der Waals surface area contributed by atoms with Crippen molar-refractivity contribution in [1.29, 1.82) is 0 Å². The van der Waals surface area contributed by atoms with Crippen LogP contribution in [0.3, 0.4) is 0 Å². The van der Waals surface area contributed by atoms with Crippen molar-refractivity contribution in [3.8, 4) is 0 Å². The van der Waals surface area contributed by atoms with Gasteiger partial charge in [0.05, 0.1) is 5.75 Å². The van der Waals surface area contributed by atoms with E-state index in [4.69, 9.17) is 0 Å². The molecule has 0 aliphatic rings. The van der Waals surface area contributed by atoms with Crippen LogP contribution in [0.1, 0.15) is 5.56 Å². The number of hydrogen-bond donors (Lipinski definition) is 2. The molecule has 2 amide bonds. The Labute approximate surface area is 191 Å². The molecule has 0 heterocycles. The number of fused-ring (bicyclic) bond motifs is 1. The van der Waals surface area contributed by atoms with E-state index in [0.29, 0.717) is 11.4 Å². The average molecular weight is 439 g/mol. The first kappa shape index (κ1) is 21.4. The van der Waals surface area contributed by atoms with Crippen LogP contribution in [-0.2, 0) is 9.59 Å². The molecule has 0 unspecified atom stereocenters. The fourth-order valence-electron chi connectivity index (χ4n) is 3.22. The highest BCUT2D eigenvalue weighted by atomic mass is 32.2. The standard InChI is InChI=1S/C27H22N2O2S/c30-26(18-13-20-7-2-1-3-8-20)28-22-14-16-23(17-15-22)32-19-27(31)29-25-12-6-10-21-9-4-5-11-24(21)25/h1-18H,19H2,(H,28,30)(H,29,31)/b18-13+. The molecule has 4 aromatic rings. The molecule has 0 bridgehead atoms. The molecule has 0 fully saturated rings. The quantitative estimate of drug-likeness (QED) is 0.266. The van der Waals surface area contributed by atoms with Crippen molar-refractivity contribution in [2.45, 2.75) is 4.90 Å². The Morgan fingerprint density at radius 3 is 2.28 bits per heavy atom. The summed E-state index contributed by atoms with van der Waals surface area (Å²) < 4.78 is 0. The molecule has 4 aromatic carbocycles. The molecule has 4 nitrogen and oxygen atoms in total. The zero-order valence-corrected chi connectivity index (χ0v) is 18.1. The highest BCUT2D eigenvalue weighted by Crippen LogP contribution is 2.24. The number of carbonyl (C=O) groups excluding carboxylic acids is 2. The molecule has 0 aliphatic carbocycles. The smallest absolute Gasteiger partial charge is 0.248 e. The first-order chi connectivity index (χ1) is 15.7. The van der Waals surface area contributed by atoms with Crippen LogP contribution >= 0.6 is 11.8 Å². The van der Waals surface area contributed by atoms with E-state index in [0.717, 1.165) is 26.9 Å². The fourth-order valence-corrected chi connectivity index (χ4v) is 3.92. The van der Waals surface area contributed by atoms with Gasteiger partial charge < -0.3 is 10.6 Å². The molecule has 0 aromatic heterocycles. The summed E-state index contributed by atoms with van der Waals surface area (Å²) in [6, 6.07) is 31.0. The molecule has 0 saturated carbocycles. The van der Waals surface area contributed by atoms with Crippen LogP contribution in [0.5, 0.6) is 0 Å². The van der Waals surface area contributed by atoms with Crippen LogP contribution < -0.4 is 10.6 Å². The summed E-state index contributed by atoms with van der Waals surface area (Å²) >= 11 is 1.45. The molecule has 0 spiro atoms. The maximum absolute atomic E-state index is 12.4. The van der Waals surface area contributed by atoms with Gasteiger partial charge in [0, 0.05) is 27.7 Å². The molecular formula is C27H22N2O2S. The van der Waals surface area contributed by atoms with E-state index in [-0.39, 0.29) is 11.8 Å². The van der Waals surface area contributed by atoms with Crippen LogP contribution in [0.4, 0.5) is 11.4 Å². The second-order valence-corrected chi connectivity index (χ2v) is 8.17. The number of carbonyl (C=O) groups is 2. The summed E-state index contributed by atoms with van der Waals surface area (Å²) in [6.07, 6.45) is 3.28. The predicted molar refractivity (Wildman–Crippen MR) is 134 cm³/mol. The highest BCUT2D eigenvalue weighted by Gasteiger charge is 2.07. The van der Waals surface area contributed by atoms with Gasteiger partial charge in [0.15, 0.2) is 0 Å². The van der Waals surface area contributed by atoms with Crippen molar-refractivity contribution in [2.75, 3.05) is 16.4 Å². The second-order valence-electron chi connectivity index (χ2n) is 7.12. The lowest BCUT2D eigenvalue weighted by atomic mass is 10.1. The van der Waals surface area contributed by atoms with Gasteiger partial charge in [-0.2, -0.15) is 0 Å². The Morgan fingerprint density at radius 1 is 0.750 bits per heavy atom. The Hall–Kier alpha value is -3.83. The SMILES string of the molecule is O=C(/C=C/c1ccccc1)Nc1ccc(SCC(=O)Nc2cccc3ccccc23)cc1. The van der Waals surface area contributed by atoms with Crippen molar-refractivity contribution in [2.24, 2.45) is 0 Å². The topological polar surface area (TPSA) is 58.2 Å². The normalized spacial score (nSPS) is 10.9. The van der Waals surface area contributed by atoms with E-state index in [1.165, 1.54) is 17.8 Å². The molecule has 0 radical (unpaired) electrons. The summed E-state index contributed by atoms with van der Waals surface area (Å²) in [5, 5.41) is 7.95. The zero-order chi connectivity index (χ0) is 22.2. The molecule has 0 saturated heterocycles. The van der Waals surface area contributed by atoms with Crippen molar-refractivity contribution >= 4 is 51.8 Å². The predicted octanol–water partition coefficient (Wildman–Crippen LogP) is 6.22. The highest BCUT2D eigenvalue weighted by molar-refractivity contribution is 8.00. The number of nitrogens with one attached hydrogen (secondary N) is 2. The van der Waals surface area contributed by atoms with E-state index in [1.807, 2.05) is 97.1 Å². The number of benzene rings is 4. The lowest BCUT2D eigenvalue weighted by Crippen LogP contribution is -2.14. The van der Waals surface area contributed by atoms with Crippen LogP contribution in [0, 0.1) is 0 Å². The van der Waals surface area contributed by atoms with Gasteiger partial charge in [-0.15, -0.1) is 11.8 Å². The maximum Gasteiger partial charge on any atom is 0.248 e. The van der Waals surface area contributed by atoms with Gasteiger partial charge in [0.2, 0.25) is 11.8 Å². The summed E-state index contributed by atoms with van der Waals surface area (Å²) in [7, 11) is 0. The van der Waals surface area contributed by atoms with Crippen LogP contribution in [0.25, 0.3) is 16.8 Å². The van der Waals surface area contributed by atoms with Crippen molar-refractivity contribution in [1.82, 2.24) is 0 Å². The van der Waals surface area contributed by atoms with Gasteiger partial charge in [-0.05, 0) is 47.4 Å². The molecule has 4 rings (SSSR count). The van der Waals surface area contributed by atoms with E-state index in [9.17, 15) is 9.59 Å². The summed E-state index contributed by atoms with van der Waals surface area (Å²) in [5.41, 5.74) is 2.49. The molecule has 2 N–H and O–H groups in total. The van der Waals surface area contributed by atoms with Crippen LogP contribution in [0.15, 0.2) is 108 Å². The molecule has 32 heavy (non-hydrogen) atoms. The lowest BCUT2D eigenvalue weighted by Gasteiger charge is -2.09. The third-order valence-electron chi connectivity index (χ3n) is 4.78. The summed E-state index contributed by atoms with van der Waals surface area (Å²) in [4.78, 5) is 25.5. The number of rotatable bonds is 7. The van der Waals surface area contributed by atoms with E-state index in [2.05, 4.69) is 10.6 Å². The fraction of sp³-hybridized carbons (Fsp3) is 0.0370. The van der Waals surface area contributed by atoms with E-state index < -0.39 is 0 Å². The minimum Gasteiger partial charge on any atom is -0.325 e. The first-order valence-electron chi connectivity index (χ1n) is 10.2. The molecule has 0 aliphatic heterocycles. The van der Waals surface area contributed by atoms with Gasteiger partial charge in [-0.3, -0.25) is 9.59 Å². The molecule has 5 heteroatoms.